The molecule has 2 saturated heterocycles. The molecule has 116 valence electrons. The Kier molecular flexibility index (Phi) is 3.59. The van der Waals surface area contributed by atoms with Crippen LogP contribution in [-0.4, -0.2) is 57.9 Å². The molecule has 2 aliphatic rings. The van der Waals surface area contributed by atoms with Gasteiger partial charge in [-0.15, -0.1) is 0 Å². The molecule has 6 nitrogen and oxygen atoms in total. The van der Waals surface area contributed by atoms with E-state index in [1.807, 2.05) is 0 Å². The summed E-state index contributed by atoms with van der Waals surface area (Å²) in [5, 5.41) is 0. The molecule has 2 heterocycles. The minimum Gasteiger partial charge on any atom is -0.374 e. The number of morpholine rings is 1. The van der Waals surface area contributed by atoms with Gasteiger partial charge >= 0.3 is 0 Å². The van der Waals surface area contributed by atoms with Crippen LogP contribution in [0.3, 0.4) is 0 Å². The van der Waals surface area contributed by atoms with Crippen molar-refractivity contribution in [3.63, 3.8) is 0 Å². The van der Waals surface area contributed by atoms with E-state index in [4.69, 9.17) is 4.74 Å². The van der Waals surface area contributed by atoms with Gasteiger partial charge < -0.3 is 4.74 Å². The van der Waals surface area contributed by atoms with Gasteiger partial charge in [-0.1, -0.05) is 18.2 Å². The summed E-state index contributed by atoms with van der Waals surface area (Å²) < 4.78 is 56.0. The van der Waals surface area contributed by atoms with Crippen molar-refractivity contribution in [3.05, 3.63) is 29.8 Å². The summed E-state index contributed by atoms with van der Waals surface area (Å²) in [5.41, 5.74) is 0.654. The van der Waals surface area contributed by atoms with Crippen LogP contribution in [0, 0.1) is 6.92 Å². The highest BCUT2D eigenvalue weighted by Gasteiger charge is 2.48. The first-order valence-electron chi connectivity index (χ1n) is 6.71. The van der Waals surface area contributed by atoms with E-state index in [0.29, 0.717) is 5.56 Å². The first-order chi connectivity index (χ1) is 9.81. The molecule has 0 N–H and O–H groups in total. The van der Waals surface area contributed by atoms with Crippen LogP contribution >= 0.6 is 0 Å². The number of nitrogens with zero attached hydrogens (tertiary/aromatic N) is 1. The number of fused-ring (bicyclic) bond motifs is 1. The van der Waals surface area contributed by atoms with Crippen LogP contribution in [0.2, 0.25) is 0 Å². The monoisotopic (exact) mass is 331 g/mol. The molecule has 21 heavy (non-hydrogen) atoms. The molecule has 8 heteroatoms. The SMILES string of the molecule is Cc1ccccc1S(=O)(=O)N1CCOC2CS(=O)(=O)CC21. The first kappa shape index (κ1) is 15.0. The second-order valence-corrected chi connectivity index (χ2v) is 9.45. The lowest BCUT2D eigenvalue weighted by Gasteiger charge is -2.35. The Hall–Kier alpha value is -0.960. The first-order valence-corrected chi connectivity index (χ1v) is 9.97. The summed E-state index contributed by atoms with van der Waals surface area (Å²) in [6, 6.07) is 6.11. The average Bonchev–Trinajstić information content (AvgIpc) is 2.72. The van der Waals surface area contributed by atoms with Gasteiger partial charge in [-0.25, -0.2) is 16.8 Å². The van der Waals surface area contributed by atoms with Crippen LogP contribution in [-0.2, 0) is 24.6 Å². The van der Waals surface area contributed by atoms with E-state index < -0.39 is 32.0 Å². The molecular formula is C13H17NO5S2. The molecule has 1 aromatic rings. The van der Waals surface area contributed by atoms with Gasteiger partial charge in [0.2, 0.25) is 10.0 Å². The van der Waals surface area contributed by atoms with Gasteiger partial charge in [-0.05, 0) is 18.6 Å². The summed E-state index contributed by atoms with van der Waals surface area (Å²) in [4.78, 5) is 0.231. The molecule has 0 aliphatic carbocycles. The van der Waals surface area contributed by atoms with E-state index in [9.17, 15) is 16.8 Å². The van der Waals surface area contributed by atoms with E-state index in [0.717, 1.165) is 0 Å². The normalized spacial score (nSPS) is 29.2. The third-order valence-electron chi connectivity index (χ3n) is 3.97. The molecule has 0 radical (unpaired) electrons. The molecule has 2 aliphatic heterocycles. The summed E-state index contributed by atoms with van der Waals surface area (Å²) in [7, 11) is -6.95. The minimum absolute atomic E-state index is 0.0997. The van der Waals surface area contributed by atoms with Gasteiger partial charge in [-0.3, -0.25) is 0 Å². The predicted molar refractivity (Wildman–Crippen MR) is 77.3 cm³/mol. The average molecular weight is 331 g/mol. The fourth-order valence-electron chi connectivity index (χ4n) is 2.96. The Labute approximate surface area is 124 Å². The summed E-state index contributed by atoms with van der Waals surface area (Å²) in [5.74, 6) is -0.264. The number of benzene rings is 1. The molecule has 3 rings (SSSR count). The van der Waals surface area contributed by atoms with Crippen LogP contribution < -0.4 is 0 Å². The van der Waals surface area contributed by atoms with Crippen molar-refractivity contribution in [1.29, 1.82) is 0 Å². The largest absolute Gasteiger partial charge is 0.374 e. The second kappa shape index (κ2) is 5.05. The van der Waals surface area contributed by atoms with Gasteiger partial charge in [0, 0.05) is 6.54 Å². The highest BCUT2D eigenvalue weighted by Crippen LogP contribution is 2.30. The van der Waals surface area contributed by atoms with Crippen LogP contribution in [0.1, 0.15) is 5.56 Å². The number of aryl methyl sites for hydroxylation is 1. The zero-order valence-corrected chi connectivity index (χ0v) is 13.2. The van der Waals surface area contributed by atoms with Crippen molar-refractivity contribution in [2.24, 2.45) is 0 Å². The number of sulfone groups is 1. The van der Waals surface area contributed by atoms with E-state index in [1.54, 1.807) is 31.2 Å². The van der Waals surface area contributed by atoms with Crippen LogP contribution in [0.4, 0.5) is 0 Å². The molecule has 2 fully saturated rings. The van der Waals surface area contributed by atoms with Crippen molar-refractivity contribution in [1.82, 2.24) is 4.31 Å². The summed E-state index contributed by atoms with van der Waals surface area (Å²) in [6.07, 6.45) is -0.553. The molecule has 0 aromatic heterocycles. The van der Waals surface area contributed by atoms with Gasteiger partial charge in [-0.2, -0.15) is 4.31 Å². The molecule has 2 unspecified atom stereocenters. The molecule has 0 amide bonds. The highest BCUT2D eigenvalue weighted by molar-refractivity contribution is 7.92. The van der Waals surface area contributed by atoms with E-state index in [1.165, 1.54) is 4.31 Å². The lowest BCUT2D eigenvalue weighted by Crippen LogP contribution is -2.53. The van der Waals surface area contributed by atoms with Crippen LogP contribution in [0.5, 0.6) is 0 Å². The number of rotatable bonds is 2. The molecular weight excluding hydrogens is 314 g/mol. The smallest absolute Gasteiger partial charge is 0.243 e. The number of hydrogen-bond donors (Lipinski definition) is 0. The van der Waals surface area contributed by atoms with Gasteiger partial charge in [0.25, 0.3) is 0 Å². The maximum Gasteiger partial charge on any atom is 0.243 e. The van der Waals surface area contributed by atoms with Gasteiger partial charge in [0.05, 0.1) is 35.2 Å². The third-order valence-corrected chi connectivity index (χ3v) is 7.74. The fourth-order valence-corrected chi connectivity index (χ4v) is 6.78. The quantitative estimate of drug-likeness (QED) is 0.772. The standard InChI is InChI=1S/C13H17NO5S2/c1-10-4-2-3-5-13(10)21(17,18)14-6-7-19-12-9-20(15,16)8-11(12)14/h2-5,11-12H,6-9H2,1H3. The van der Waals surface area contributed by atoms with Crippen molar-refractivity contribution < 1.29 is 21.6 Å². The highest BCUT2D eigenvalue weighted by atomic mass is 32.2. The van der Waals surface area contributed by atoms with Crippen molar-refractivity contribution in [2.75, 3.05) is 24.7 Å². The molecule has 0 bridgehead atoms. The lowest BCUT2D eigenvalue weighted by molar-refractivity contribution is -0.0141. The number of sulfonamides is 1. The Morgan fingerprint density at radius 1 is 1.24 bits per heavy atom. The lowest BCUT2D eigenvalue weighted by atomic mass is 10.2. The Balaban J connectivity index is 2.01. The van der Waals surface area contributed by atoms with Gasteiger partial charge in [0.1, 0.15) is 0 Å². The summed E-state index contributed by atoms with van der Waals surface area (Å²) in [6.45, 7) is 2.14. The summed E-state index contributed by atoms with van der Waals surface area (Å²) >= 11 is 0. The molecule has 2 atom stereocenters. The van der Waals surface area contributed by atoms with Crippen LogP contribution in [0.25, 0.3) is 0 Å². The third kappa shape index (κ3) is 2.61. The Bertz CT molecular complexity index is 757. The number of ether oxygens (including phenoxy) is 1. The molecule has 0 spiro atoms. The number of hydrogen-bond acceptors (Lipinski definition) is 5. The zero-order chi connectivity index (χ0) is 15.3. The van der Waals surface area contributed by atoms with Crippen LogP contribution in [0.15, 0.2) is 29.2 Å². The Morgan fingerprint density at radius 2 is 1.95 bits per heavy atom. The fraction of sp³-hybridized carbons (Fsp3) is 0.538. The van der Waals surface area contributed by atoms with Gasteiger partial charge in [0.15, 0.2) is 9.84 Å². The Morgan fingerprint density at radius 3 is 2.67 bits per heavy atom. The van der Waals surface area contributed by atoms with Crippen molar-refractivity contribution >= 4 is 19.9 Å². The van der Waals surface area contributed by atoms with E-state index in [-0.39, 0.29) is 29.6 Å². The second-order valence-electron chi connectivity index (χ2n) is 5.43. The van der Waals surface area contributed by atoms with Crippen molar-refractivity contribution in [3.8, 4) is 0 Å². The van der Waals surface area contributed by atoms with E-state index in [2.05, 4.69) is 0 Å². The zero-order valence-electron chi connectivity index (χ0n) is 11.6. The maximum atomic E-state index is 12.8. The molecule has 0 saturated carbocycles. The van der Waals surface area contributed by atoms with Crippen molar-refractivity contribution in [2.45, 2.75) is 24.0 Å². The maximum absolute atomic E-state index is 12.8. The predicted octanol–water partition coefficient (Wildman–Crippen LogP) is 0.182. The minimum atomic E-state index is -3.71. The topological polar surface area (TPSA) is 80.8 Å². The van der Waals surface area contributed by atoms with E-state index >= 15 is 0 Å². The molecule has 1 aromatic carbocycles.